The van der Waals surface area contributed by atoms with Crippen molar-refractivity contribution in [2.24, 2.45) is 0 Å². The topological polar surface area (TPSA) is 84.9 Å². The molecule has 0 bridgehead atoms. The van der Waals surface area contributed by atoms with Crippen LogP contribution in [-0.2, 0) is 25.7 Å². The Morgan fingerprint density at radius 3 is 2.47 bits per heavy atom. The van der Waals surface area contributed by atoms with Gasteiger partial charge in [-0.2, -0.15) is 17.5 Å². The van der Waals surface area contributed by atoms with E-state index in [2.05, 4.69) is 5.32 Å². The Hall–Kier alpha value is -2.34. The molecule has 0 aromatic heterocycles. The molecular weight excluding hydrogens is 473 g/mol. The molecule has 0 radical (unpaired) electrons. The lowest BCUT2D eigenvalue weighted by Crippen LogP contribution is -2.37. The van der Waals surface area contributed by atoms with E-state index >= 15 is 0 Å². The molecular formula is C20H22ClF3N2O5S. The number of nitrogens with one attached hydrogen (secondary N) is 1. The molecule has 2 rings (SSSR count). The zero-order chi connectivity index (χ0) is 23.9. The zero-order valence-corrected chi connectivity index (χ0v) is 18.9. The first kappa shape index (κ1) is 25.9. The van der Waals surface area contributed by atoms with Gasteiger partial charge >= 0.3 is 6.18 Å². The number of benzene rings is 2. The van der Waals surface area contributed by atoms with E-state index in [4.69, 9.17) is 21.1 Å². The summed E-state index contributed by atoms with van der Waals surface area (Å²) in [7, 11) is -2.63. The molecule has 176 valence electrons. The van der Waals surface area contributed by atoms with Crippen molar-refractivity contribution in [3.05, 3.63) is 53.1 Å². The van der Waals surface area contributed by atoms with Gasteiger partial charge in [-0.25, -0.2) is 8.42 Å². The molecule has 0 heterocycles. The highest BCUT2D eigenvalue weighted by atomic mass is 35.5. The molecule has 2 aromatic carbocycles. The summed E-state index contributed by atoms with van der Waals surface area (Å²) in [5, 5.41) is 2.51. The van der Waals surface area contributed by atoms with Crippen molar-refractivity contribution in [2.45, 2.75) is 18.0 Å². The van der Waals surface area contributed by atoms with Crippen molar-refractivity contribution >= 4 is 33.2 Å². The Labute approximate surface area is 189 Å². The Balaban J connectivity index is 2.25. The molecule has 0 saturated heterocycles. The van der Waals surface area contributed by atoms with Crippen molar-refractivity contribution in [3.63, 3.8) is 0 Å². The van der Waals surface area contributed by atoms with Crippen LogP contribution < -0.4 is 10.1 Å². The molecule has 32 heavy (non-hydrogen) atoms. The zero-order valence-electron chi connectivity index (χ0n) is 17.3. The van der Waals surface area contributed by atoms with Crippen LogP contribution in [0.4, 0.5) is 18.9 Å². The highest BCUT2D eigenvalue weighted by Crippen LogP contribution is 2.35. The molecule has 0 aliphatic heterocycles. The lowest BCUT2D eigenvalue weighted by molar-refractivity contribution is -0.137. The minimum atomic E-state index is -4.64. The second kappa shape index (κ2) is 11.0. The average Bonchev–Trinajstić information content (AvgIpc) is 2.72. The number of amides is 1. The van der Waals surface area contributed by atoms with Crippen LogP contribution in [0, 0.1) is 0 Å². The van der Waals surface area contributed by atoms with E-state index in [9.17, 15) is 26.4 Å². The smallest absolute Gasteiger partial charge is 0.416 e. The number of likely N-dealkylation sites (N-methyl/N-ethyl adjacent to an activating group) is 1. The number of nitrogens with zero attached hydrogens (tertiary/aromatic N) is 1. The molecule has 0 aliphatic carbocycles. The monoisotopic (exact) mass is 494 g/mol. The van der Waals surface area contributed by atoms with Gasteiger partial charge in [0.25, 0.3) is 0 Å². The van der Waals surface area contributed by atoms with Gasteiger partial charge in [0.15, 0.2) is 0 Å². The van der Waals surface area contributed by atoms with Crippen LogP contribution in [0.3, 0.4) is 0 Å². The summed E-state index contributed by atoms with van der Waals surface area (Å²) >= 11 is 5.86. The summed E-state index contributed by atoms with van der Waals surface area (Å²) in [5.74, 6) is -0.850. The molecule has 0 aliphatic rings. The van der Waals surface area contributed by atoms with Crippen LogP contribution >= 0.6 is 11.6 Å². The number of sulfonamides is 1. The Bertz CT molecular complexity index is 1050. The second-order valence-electron chi connectivity index (χ2n) is 6.49. The molecule has 0 spiro atoms. The summed E-state index contributed by atoms with van der Waals surface area (Å²) in [6.07, 6.45) is -4.64. The van der Waals surface area contributed by atoms with Crippen LogP contribution in [0.2, 0.25) is 5.02 Å². The molecule has 7 nitrogen and oxygen atoms in total. The Morgan fingerprint density at radius 1 is 1.16 bits per heavy atom. The van der Waals surface area contributed by atoms with Crippen LogP contribution in [0.15, 0.2) is 47.4 Å². The number of carbonyl (C=O) groups is 1. The molecule has 0 saturated carbocycles. The summed E-state index contributed by atoms with van der Waals surface area (Å²) in [5.41, 5.74) is -1.23. The van der Waals surface area contributed by atoms with Crippen LogP contribution in [0.5, 0.6) is 5.75 Å². The quantitative estimate of drug-likeness (QED) is 0.504. The number of methoxy groups -OCH3 is 1. The fraction of sp³-hybridized carbons (Fsp3) is 0.350. The van der Waals surface area contributed by atoms with E-state index < -0.39 is 34.2 Å². The number of hydrogen-bond acceptors (Lipinski definition) is 5. The van der Waals surface area contributed by atoms with Crippen LogP contribution in [0.25, 0.3) is 0 Å². The minimum Gasteiger partial charge on any atom is -0.489 e. The van der Waals surface area contributed by atoms with Gasteiger partial charge in [-0.15, -0.1) is 0 Å². The van der Waals surface area contributed by atoms with Crippen molar-refractivity contribution in [3.8, 4) is 5.75 Å². The normalized spacial score (nSPS) is 12.1. The third kappa shape index (κ3) is 6.83. The van der Waals surface area contributed by atoms with Gasteiger partial charge in [-0.3, -0.25) is 4.79 Å². The summed E-state index contributed by atoms with van der Waals surface area (Å²) < 4.78 is 76.1. The van der Waals surface area contributed by atoms with Gasteiger partial charge in [0.2, 0.25) is 15.9 Å². The summed E-state index contributed by atoms with van der Waals surface area (Å²) in [6.45, 7) is 1.06. The first-order valence-corrected chi connectivity index (χ1v) is 11.2. The molecule has 0 unspecified atom stereocenters. The number of carbonyl (C=O) groups excluding carboxylic acids is 1. The minimum absolute atomic E-state index is 0.0100. The molecule has 1 N–H and O–H groups in total. The number of ether oxygens (including phenoxy) is 2. The second-order valence-corrected chi connectivity index (χ2v) is 8.86. The van der Waals surface area contributed by atoms with E-state index in [1.54, 1.807) is 0 Å². The third-order valence-electron chi connectivity index (χ3n) is 4.23. The number of hydrogen-bond donors (Lipinski definition) is 1. The van der Waals surface area contributed by atoms with Crippen LogP contribution in [0.1, 0.15) is 12.5 Å². The maximum absolute atomic E-state index is 13.1. The molecule has 12 heteroatoms. The Morgan fingerprint density at radius 2 is 1.88 bits per heavy atom. The fourth-order valence-electron chi connectivity index (χ4n) is 2.66. The number of alkyl halides is 3. The van der Waals surface area contributed by atoms with E-state index in [0.29, 0.717) is 0 Å². The first-order chi connectivity index (χ1) is 15.0. The van der Waals surface area contributed by atoms with Crippen molar-refractivity contribution in [1.82, 2.24) is 4.31 Å². The maximum Gasteiger partial charge on any atom is 0.416 e. The van der Waals surface area contributed by atoms with Gasteiger partial charge < -0.3 is 14.8 Å². The number of rotatable bonds is 10. The van der Waals surface area contributed by atoms with E-state index in [1.807, 2.05) is 0 Å². The van der Waals surface area contributed by atoms with E-state index in [1.165, 1.54) is 38.3 Å². The largest absolute Gasteiger partial charge is 0.489 e. The van der Waals surface area contributed by atoms with Crippen molar-refractivity contribution in [2.75, 3.05) is 38.7 Å². The Kier molecular flexibility index (Phi) is 8.90. The highest BCUT2D eigenvalue weighted by Gasteiger charge is 2.32. The first-order valence-electron chi connectivity index (χ1n) is 9.37. The fourth-order valence-corrected chi connectivity index (χ4v) is 4.36. The van der Waals surface area contributed by atoms with E-state index in [-0.39, 0.29) is 41.1 Å². The molecule has 1 amide bonds. The lowest BCUT2D eigenvalue weighted by atomic mass is 10.1. The van der Waals surface area contributed by atoms with Gasteiger partial charge in [-0.05, 0) is 36.4 Å². The van der Waals surface area contributed by atoms with Gasteiger partial charge in [0, 0.05) is 18.7 Å². The summed E-state index contributed by atoms with van der Waals surface area (Å²) in [4.78, 5) is 12.5. The third-order valence-corrected chi connectivity index (χ3v) is 6.38. The molecule has 0 atom stereocenters. The standard InChI is InChI=1S/C20H22ClF3N2O5S/c1-3-26(32(28,29)16-6-4-5-15(21)12-16)13-19(27)25-17-11-14(20(22,23)24)7-8-18(17)31-10-9-30-2/h4-8,11-12H,3,9-10,13H2,1-2H3,(H,25,27). The highest BCUT2D eigenvalue weighted by molar-refractivity contribution is 7.89. The van der Waals surface area contributed by atoms with Crippen molar-refractivity contribution < 1.29 is 35.9 Å². The average molecular weight is 495 g/mol. The van der Waals surface area contributed by atoms with Crippen LogP contribution in [-0.4, -0.2) is 52.0 Å². The van der Waals surface area contributed by atoms with E-state index in [0.717, 1.165) is 22.5 Å². The predicted octanol–water partition coefficient (Wildman–Crippen LogP) is 4.03. The van der Waals surface area contributed by atoms with Gasteiger partial charge in [0.05, 0.1) is 29.3 Å². The molecule has 2 aromatic rings. The van der Waals surface area contributed by atoms with Gasteiger partial charge in [0.1, 0.15) is 12.4 Å². The lowest BCUT2D eigenvalue weighted by Gasteiger charge is -2.21. The summed E-state index contributed by atoms with van der Waals surface area (Å²) in [6, 6.07) is 8.15. The SMILES string of the molecule is CCN(CC(=O)Nc1cc(C(F)(F)F)ccc1OCCOC)S(=O)(=O)c1cccc(Cl)c1. The maximum atomic E-state index is 13.1. The van der Waals surface area contributed by atoms with Gasteiger partial charge in [-0.1, -0.05) is 24.6 Å². The van der Waals surface area contributed by atoms with Crippen molar-refractivity contribution in [1.29, 1.82) is 0 Å². The predicted molar refractivity (Wildman–Crippen MR) is 113 cm³/mol. The number of anilines is 1. The number of halogens is 4. The molecule has 0 fully saturated rings.